The zero-order valence-corrected chi connectivity index (χ0v) is 26.9. The van der Waals surface area contributed by atoms with Crippen molar-refractivity contribution in [2.75, 3.05) is 26.9 Å². The molecule has 0 amide bonds. The SMILES string of the molecule is CCOC(=O)C1=C(C)N=c2s/c(=C\c3ccc(OCC(C)C)c(OCC)c3)c(=O)n2[C@H]1c1ccc(OC(C)C)c(OC)c1. The molecule has 230 valence electrons. The number of carbonyl (C=O) groups excluding carboxylic acids is 1. The second-order valence-corrected chi connectivity index (χ2v) is 11.7. The Morgan fingerprint density at radius 1 is 1.00 bits per heavy atom. The van der Waals surface area contributed by atoms with Crippen LogP contribution in [0.4, 0.5) is 0 Å². The van der Waals surface area contributed by atoms with Crippen molar-refractivity contribution in [1.29, 1.82) is 0 Å². The Bertz CT molecular complexity index is 1680. The number of thiazole rings is 1. The van der Waals surface area contributed by atoms with Crippen molar-refractivity contribution >= 4 is 23.4 Å². The number of hydrogen-bond donors (Lipinski definition) is 0. The molecule has 10 heteroatoms. The lowest BCUT2D eigenvalue weighted by Gasteiger charge is -2.25. The van der Waals surface area contributed by atoms with Gasteiger partial charge in [0.2, 0.25) is 0 Å². The third-order valence-corrected chi connectivity index (χ3v) is 7.50. The number of rotatable bonds is 12. The number of methoxy groups -OCH3 is 1. The van der Waals surface area contributed by atoms with Crippen molar-refractivity contribution in [1.82, 2.24) is 4.57 Å². The number of fused-ring (bicyclic) bond motifs is 1. The largest absolute Gasteiger partial charge is 0.493 e. The van der Waals surface area contributed by atoms with Gasteiger partial charge in [-0.2, -0.15) is 0 Å². The van der Waals surface area contributed by atoms with Gasteiger partial charge in [-0.05, 0) is 82.0 Å². The van der Waals surface area contributed by atoms with Crippen molar-refractivity contribution < 1.29 is 28.5 Å². The van der Waals surface area contributed by atoms with Gasteiger partial charge in [0.25, 0.3) is 5.56 Å². The molecule has 1 atom stereocenters. The van der Waals surface area contributed by atoms with Gasteiger partial charge in [-0.25, -0.2) is 9.79 Å². The molecule has 0 radical (unpaired) electrons. The second kappa shape index (κ2) is 13.9. The topological polar surface area (TPSA) is 97.6 Å². The summed E-state index contributed by atoms with van der Waals surface area (Å²) in [7, 11) is 1.56. The van der Waals surface area contributed by atoms with Crippen LogP contribution in [0.1, 0.15) is 65.6 Å². The summed E-state index contributed by atoms with van der Waals surface area (Å²) in [6.07, 6.45) is 1.74. The number of esters is 1. The summed E-state index contributed by atoms with van der Waals surface area (Å²) in [5.41, 5.74) is 1.96. The molecule has 4 rings (SSSR count). The fourth-order valence-corrected chi connectivity index (χ4v) is 5.77. The number of benzene rings is 2. The molecule has 9 nitrogen and oxygen atoms in total. The Morgan fingerprint density at radius 2 is 1.74 bits per heavy atom. The molecule has 1 aromatic heterocycles. The number of nitrogens with zero attached hydrogens (tertiary/aromatic N) is 2. The first kappa shape index (κ1) is 31.9. The van der Waals surface area contributed by atoms with Crippen LogP contribution in [0.15, 0.2) is 57.5 Å². The standard InChI is InChI=1S/C33H40N2O7S/c1-9-39-27-15-22(11-13-24(27)41-18-19(3)4)16-28-31(36)35-30(23-12-14-25(42-20(5)6)26(17-23)38-8)29(32(37)40-10-2)21(7)34-33(35)43-28/h11-17,19-20,30H,9-10,18H2,1-8H3/b28-16-/t30-/m0/s1. The minimum absolute atomic E-state index is 0.0614. The molecule has 1 aliphatic rings. The highest BCUT2D eigenvalue weighted by Gasteiger charge is 2.34. The number of allylic oxidation sites excluding steroid dienone is 1. The molecule has 0 unspecified atom stereocenters. The Kier molecular flexibility index (Phi) is 10.3. The molecule has 0 saturated heterocycles. The maximum atomic E-state index is 14.1. The van der Waals surface area contributed by atoms with E-state index < -0.39 is 12.0 Å². The van der Waals surface area contributed by atoms with Crippen molar-refractivity contribution in [2.45, 2.75) is 60.6 Å². The van der Waals surface area contributed by atoms with Crippen molar-refractivity contribution in [3.63, 3.8) is 0 Å². The first-order valence-corrected chi connectivity index (χ1v) is 15.3. The van der Waals surface area contributed by atoms with Crippen LogP contribution in [0.25, 0.3) is 6.08 Å². The number of hydrogen-bond acceptors (Lipinski definition) is 9. The highest BCUT2D eigenvalue weighted by molar-refractivity contribution is 7.07. The summed E-state index contributed by atoms with van der Waals surface area (Å²) in [6.45, 7) is 14.7. The molecular formula is C33H40N2O7S. The van der Waals surface area contributed by atoms with Crippen molar-refractivity contribution in [3.05, 3.63) is 78.5 Å². The summed E-state index contributed by atoms with van der Waals surface area (Å²) in [5, 5.41) is 0. The van der Waals surface area contributed by atoms with Gasteiger partial charge in [0, 0.05) is 0 Å². The first-order valence-electron chi connectivity index (χ1n) is 14.5. The molecule has 1 aliphatic heterocycles. The van der Waals surface area contributed by atoms with E-state index >= 15 is 0 Å². The van der Waals surface area contributed by atoms with E-state index in [1.165, 1.54) is 11.3 Å². The summed E-state index contributed by atoms with van der Waals surface area (Å²) < 4.78 is 30.7. The molecule has 2 aromatic carbocycles. The zero-order valence-electron chi connectivity index (χ0n) is 26.1. The summed E-state index contributed by atoms with van der Waals surface area (Å²) >= 11 is 1.26. The van der Waals surface area contributed by atoms with Crippen LogP contribution in [-0.2, 0) is 9.53 Å². The predicted octanol–water partition coefficient (Wildman–Crippen LogP) is 5.03. The lowest BCUT2D eigenvalue weighted by molar-refractivity contribution is -0.139. The molecule has 0 N–H and O–H groups in total. The third kappa shape index (κ3) is 7.13. The maximum absolute atomic E-state index is 14.1. The van der Waals surface area contributed by atoms with E-state index in [1.54, 1.807) is 43.7 Å². The van der Waals surface area contributed by atoms with E-state index in [9.17, 15) is 9.59 Å². The average Bonchev–Trinajstić information content (AvgIpc) is 3.25. The Balaban J connectivity index is 1.87. The molecule has 3 aromatic rings. The first-order chi connectivity index (χ1) is 20.6. The van der Waals surface area contributed by atoms with E-state index in [2.05, 4.69) is 18.8 Å². The normalized spacial score (nSPS) is 14.9. The zero-order chi connectivity index (χ0) is 31.3. The van der Waals surface area contributed by atoms with Gasteiger partial charge in [0.15, 0.2) is 27.8 Å². The molecule has 43 heavy (non-hydrogen) atoms. The van der Waals surface area contributed by atoms with Gasteiger partial charge >= 0.3 is 5.97 Å². The van der Waals surface area contributed by atoms with Crippen LogP contribution in [0.3, 0.4) is 0 Å². The maximum Gasteiger partial charge on any atom is 0.338 e. The Hall–Kier alpha value is -4.05. The van der Waals surface area contributed by atoms with Gasteiger partial charge < -0.3 is 23.7 Å². The van der Waals surface area contributed by atoms with E-state index in [0.717, 1.165) is 5.56 Å². The smallest absolute Gasteiger partial charge is 0.338 e. The molecule has 2 heterocycles. The molecule has 0 aliphatic carbocycles. The molecule has 0 saturated carbocycles. The Labute approximate surface area is 256 Å². The average molecular weight is 609 g/mol. The third-order valence-electron chi connectivity index (χ3n) is 6.52. The molecule has 0 spiro atoms. The van der Waals surface area contributed by atoms with Crippen LogP contribution < -0.4 is 33.8 Å². The summed E-state index contributed by atoms with van der Waals surface area (Å²) in [4.78, 5) is 32.5. The van der Waals surface area contributed by atoms with E-state index in [-0.39, 0.29) is 18.3 Å². The molecular weight excluding hydrogens is 568 g/mol. The van der Waals surface area contributed by atoms with Crippen LogP contribution in [0.2, 0.25) is 0 Å². The van der Waals surface area contributed by atoms with Crippen molar-refractivity contribution in [2.24, 2.45) is 10.9 Å². The lowest BCUT2D eigenvalue weighted by atomic mass is 9.95. The van der Waals surface area contributed by atoms with E-state index in [4.69, 9.17) is 23.7 Å². The quantitative estimate of drug-likeness (QED) is 0.266. The minimum Gasteiger partial charge on any atom is -0.493 e. The highest BCUT2D eigenvalue weighted by atomic mass is 32.1. The highest BCUT2D eigenvalue weighted by Crippen LogP contribution is 2.36. The summed E-state index contributed by atoms with van der Waals surface area (Å²) in [6, 6.07) is 10.3. The molecule has 0 fully saturated rings. The predicted molar refractivity (Wildman–Crippen MR) is 167 cm³/mol. The van der Waals surface area contributed by atoms with Crippen LogP contribution in [-0.4, -0.2) is 43.6 Å². The van der Waals surface area contributed by atoms with E-state index in [0.29, 0.717) is 68.3 Å². The minimum atomic E-state index is -0.773. The fourth-order valence-electron chi connectivity index (χ4n) is 4.72. The number of carbonyl (C=O) groups is 1. The van der Waals surface area contributed by atoms with Crippen LogP contribution in [0, 0.1) is 5.92 Å². The van der Waals surface area contributed by atoms with Crippen LogP contribution >= 0.6 is 11.3 Å². The molecule has 0 bridgehead atoms. The Morgan fingerprint density at radius 3 is 2.40 bits per heavy atom. The van der Waals surface area contributed by atoms with Gasteiger partial charge in [0.1, 0.15) is 0 Å². The van der Waals surface area contributed by atoms with Gasteiger partial charge in [-0.3, -0.25) is 9.36 Å². The number of ether oxygens (including phenoxy) is 5. The van der Waals surface area contributed by atoms with Gasteiger partial charge in [0.05, 0.1) is 54.9 Å². The lowest BCUT2D eigenvalue weighted by Crippen LogP contribution is -2.40. The monoisotopic (exact) mass is 608 g/mol. The van der Waals surface area contributed by atoms with Gasteiger partial charge in [-0.1, -0.05) is 37.3 Å². The number of aromatic nitrogens is 1. The van der Waals surface area contributed by atoms with Gasteiger partial charge in [-0.15, -0.1) is 0 Å². The van der Waals surface area contributed by atoms with Crippen LogP contribution in [0.5, 0.6) is 23.0 Å². The second-order valence-electron chi connectivity index (χ2n) is 10.7. The van der Waals surface area contributed by atoms with Crippen molar-refractivity contribution in [3.8, 4) is 23.0 Å². The summed E-state index contributed by atoms with van der Waals surface area (Å²) in [5.74, 6) is 2.17. The fraction of sp³-hybridized carbons (Fsp3) is 0.424. The van der Waals surface area contributed by atoms with E-state index in [1.807, 2.05) is 45.0 Å².